The molecule has 124 valence electrons. The van der Waals surface area contributed by atoms with Crippen molar-refractivity contribution in [3.63, 3.8) is 0 Å². The molecule has 23 heavy (non-hydrogen) atoms. The zero-order valence-electron chi connectivity index (χ0n) is 13.7. The number of aryl methyl sites for hydroxylation is 2. The van der Waals surface area contributed by atoms with Gasteiger partial charge in [0, 0.05) is 29.0 Å². The van der Waals surface area contributed by atoms with E-state index in [1.54, 1.807) is 11.3 Å². The number of hydrogen-bond acceptors (Lipinski definition) is 4. The lowest BCUT2D eigenvalue weighted by molar-refractivity contribution is -0.112. The highest BCUT2D eigenvalue weighted by Gasteiger charge is 2.30. The van der Waals surface area contributed by atoms with E-state index in [9.17, 15) is 10.2 Å². The van der Waals surface area contributed by atoms with Gasteiger partial charge in [-0.2, -0.15) is 0 Å². The summed E-state index contributed by atoms with van der Waals surface area (Å²) in [4.78, 5) is 2.50. The van der Waals surface area contributed by atoms with E-state index < -0.39 is 6.10 Å². The fourth-order valence-electron chi connectivity index (χ4n) is 3.06. The molecular weight excluding hydrogens is 308 g/mol. The molecule has 3 rings (SSSR count). The molecule has 1 fully saturated rings. The highest BCUT2D eigenvalue weighted by molar-refractivity contribution is 7.12. The second kappa shape index (κ2) is 7.14. The summed E-state index contributed by atoms with van der Waals surface area (Å²) in [6.07, 6.45) is 1.30. The van der Waals surface area contributed by atoms with Crippen molar-refractivity contribution >= 4 is 11.3 Å². The van der Waals surface area contributed by atoms with Crippen molar-refractivity contribution in [2.24, 2.45) is 0 Å². The van der Waals surface area contributed by atoms with Gasteiger partial charge < -0.3 is 14.9 Å². The van der Waals surface area contributed by atoms with Crippen molar-refractivity contribution < 1.29 is 14.9 Å². The Kier molecular flexibility index (Phi) is 5.17. The third-order valence-electron chi connectivity index (χ3n) is 4.42. The maximum atomic E-state index is 9.99. The lowest BCUT2D eigenvalue weighted by Crippen LogP contribution is -2.33. The molecule has 1 aromatic heterocycles. The highest BCUT2D eigenvalue weighted by atomic mass is 32.1. The molecule has 1 aliphatic rings. The van der Waals surface area contributed by atoms with Crippen LogP contribution in [-0.4, -0.2) is 29.0 Å². The maximum Gasteiger partial charge on any atom is 0.0946 e. The number of rotatable bonds is 4. The number of aliphatic hydroxyl groups is 2. The Morgan fingerprint density at radius 2 is 1.91 bits per heavy atom. The van der Waals surface area contributed by atoms with Crippen molar-refractivity contribution in [3.05, 3.63) is 56.8 Å². The topological polar surface area (TPSA) is 49.7 Å². The fraction of sp³-hybridized carbons (Fsp3) is 0.474. The first-order valence-corrected chi connectivity index (χ1v) is 8.96. The van der Waals surface area contributed by atoms with Crippen LogP contribution in [0.25, 0.3) is 0 Å². The molecule has 3 atom stereocenters. The van der Waals surface area contributed by atoms with E-state index in [4.69, 9.17) is 4.74 Å². The van der Waals surface area contributed by atoms with Gasteiger partial charge in [0.2, 0.25) is 0 Å². The monoisotopic (exact) mass is 332 g/mol. The maximum absolute atomic E-state index is 9.99. The molecule has 2 heterocycles. The van der Waals surface area contributed by atoms with E-state index in [1.165, 1.54) is 21.6 Å². The Morgan fingerprint density at radius 3 is 2.61 bits per heavy atom. The molecular formula is C19H24O3S. The average molecular weight is 332 g/mol. The van der Waals surface area contributed by atoms with Crippen LogP contribution < -0.4 is 0 Å². The van der Waals surface area contributed by atoms with Gasteiger partial charge in [-0.25, -0.2) is 0 Å². The van der Waals surface area contributed by atoms with Gasteiger partial charge in [-0.3, -0.25) is 0 Å². The van der Waals surface area contributed by atoms with Gasteiger partial charge in [-0.1, -0.05) is 29.8 Å². The molecule has 0 spiro atoms. The molecule has 0 saturated carbocycles. The highest BCUT2D eigenvalue weighted by Crippen LogP contribution is 2.37. The number of ether oxygens (including phenoxy) is 1. The quantitative estimate of drug-likeness (QED) is 0.900. The van der Waals surface area contributed by atoms with Crippen LogP contribution in [-0.2, 0) is 11.2 Å². The number of thiophene rings is 1. The van der Waals surface area contributed by atoms with Gasteiger partial charge in [0.25, 0.3) is 0 Å². The number of aliphatic hydroxyl groups excluding tert-OH is 2. The Hall–Kier alpha value is -1.20. The molecule has 2 aromatic rings. The normalized spacial score (nSPS) is 24.8. The minimum Gasteiger partial charge on any atom is -0.394 e. The Bertz CT molecular complexity index is 647. The van der Waals surface area contributed by atoms with Gasteiger partial charge >= 0.3 is 0 Å². The van der Waals surface area contributed by atoms with Crippen LogP contribution in [0.4, 0.5) is 0 Å². The first-order chi connectivity index (χ1) is 11.0. The molecule has 1 saturated heterocycles. The fourth-order valence-corrected chi connectivity index (χ4v) is 4.32. The zero-order valence-corrected chi connectivity index (χ0v) is 14.5. The third kappa shape index (κ3) is 4.01. The van der Waals surface area contributed by atoms with Crippen LogP contribution in [0.15, 0.2) is 30.3 Å². The molecule has 0 bridgehead atoms. The van der Waals surface area contributed by atoms with Crippen molar-refractivity contribution in [1.29, 1.82) is 0 Å². The summed E-state index contributed by atoms with van der Waals surface area (Å²) in [6, 6.07) is 10.8. The van der Waals surface area contributed by atoms with Crippen LogP contribution >= 0.6 is 11.3 Å². The largest absolute Gasteiger partial charge is 0.394 e. The van der Waals surface area contributed by atoms with E-state index in [0.717, 1.165) is 11.3 Å². The van der Waals surface area contributed by atoms with Crippen LogP contribution in [0, 0.1) is 13.8 Å². The van der Waals surface area contributed by atoms with Gasteiger partial charge in [0.15, 0.2) is 0 Å². The average Bonchev–Trinajstić information content (AvgIpc) is 2.90. The van der Waals surface area contributed by atoms with Crippen LogP contribution in [0.5, 0.6) is 0 Å². The molecule has 0 aliphatic carbocycles. The summed E-state index contributed by atoms with van der Waals surface area (Å²) >= 11 is 1.76. The van der Waals surface area contributed by atoms with Gasteiger partial charge in [-0.05, 0) is 31.0 Å². The van der Waals surface area contributed by atoms with Gasteiger partial charge in [0.05, 0.1) is 24.9 Å². The molecule has 0 amide bonds. The molecule has 2 N–H and O–H groups in total. The molecule has 1 aromatic carbocycles. The number of benzene rings is 1. The van der Waals surface area contributed by atoms with Crippen molar-refractivity contribution in [1.82, 2.24) is 0 Å². The first-order valence-electron chi connectivity index (χ1n) is 8.14. The molecule has 3 unspecified atom stereocenters. The molecule has 3 nitrogen and oxygen atoms in total. The van der Waals surface area contributed by atoms with Crippen molar-refractivity contribution in [3.8, 4) is 0 Å². The van der Waals surface area contributed by atoms with E-state index in [0.29, 0.717) is 12.8 Å². The van der Waals surface area contributed by atoms with Gasteiger partial charge in [0.1, 0.15) is 0 Å². The minimum atomic E-state index is -0.395. The summed E-state index contributed by atoms with van der Waals surface area (Å²) in [5, 5.41) is 19.3. The predicted molar refractivity (Wildman–Crippen MR) is 93.0 cm³/mol. The van der Waals surface area contributed by atoms with Crippen molar-refractivity contribution in [2.75, 3.05) is 6.61 Å². The second-order valence-electron chi connectivity index (χ2n) is 6.47. The van der Waals surface area contributed by atoms with Crippen molar-refractivity contribution in [2.45, 2.75) is 51.4 Å². The third-order valence-corrected chi connectivity index (χ3v) is 5.75. The number of hydrogen-bond donors (Lipinski definition) is 2. The molecule has 1 aliphatic heterocycles. The van der Waals surface area contributed by atoms with E-state index >= 15 is 0 Å². The van der Waals surface area contributed by atoms with Crippen LogP contribution in [0.2, 0.25) is 0 Å². The molecule has 0 radical (unpaired) electrons. The predicted octanol–water partition coefficient (Wildman–Crippen LogP) is 3.53. The van der Waals surface area contributed by atoms with E-state index in [2.05, 4.69) is 44.2 Å². The SMILES string of the molecule is Cc1ccc(Cc2sc(C3CC(O)CC(CO)O3)cc2C)cc1. The standard InChI is InChI=1S/C19H24O3S/c1-12-3-5-14(6-4-12)8-18-13(2)7-19(23-18)17-10-15(21)9-16(11-20)22-17/h3-7,15-17,20-21H,8-11H2,1-2H3. The van der Waals surface area contributed by atoms with Gasteiger partial charge in [-0.15, -0.1) is 11.3 Å². The lowest BCUT2D eigenvalue weighted by atomic mass is 10.00. The second-order valence-corrected chi connectivity index (χ2v) is 7.64. The first kappa shape index (κ1) is 16.7. The zero-order chi connectivity index (χ0) is 16.4. The lowest BCUT2D eigenvalue weighted by Gasteiger charge is -2.31. The Morgan fingerprint density at radius 1 is 1.17 bits per heavy atom. The summed E-state index contributed by atoms with van der Waals surface area (Å²) in [5.74, 6) is 0. The summed E-state index contributed by atoms with van der Waals surface area (Å²) in [6.45, 7) is 4.20. The Labute approximate surface area is 141 Å². The molecule has 4 heteroatoms. The summed E-state index contributed by atoms with van der Waals surface area (Å²) in [5.41, 5.74) is 3.86. The summed E-state index contributed by atoms with van der Waals surface area (Å²) in [7, 11) is 0. The van der Waals surface area contributed by atoms with Crippen LogP contribution in [0.3, 0.4) is 0 Å². The smallest absolute Gasteiger partial charge is 0.0946 e. The summed E-state index contributed by atoms with van der Waals surface area (Å²) < 4.78 is 5.93. The van der Waals surface area contributed by atoms with E-state index in [1.807, 2.05) is 0 Å². The van der Waals surface area contributed by atoms with E-state index in [-0.39, 0.29) is 18.8 Å². The Balaban J connectivity index is 1.76. The minimum absolute atomic E-state index is 0.0336. The van der Waals surface area contributed by atoms with Crippen LogP contribution in [0.1, 0.15) is 45.4 Å².